The summed E-state index contributed by atoms with van der Waals surface area (Å²) < 4.78 is 16.0. The molecule has 2 aliphatic rings. The van der Waals surface area contributed by atoms with E-state index in [9.17, 15) is 9.59 Å². The van der Waals surface area contributed by atoms with Crippen molar-refractivity contribution in [2.75, 3.05) is 21.3 Å². The van der Waals surface area contributed by atoms with E-state index < -0.39 is 11.4 Å². The maximum atomic E-state index is 12.7. The molecule has 3 rings (SSSR count). The molecular weight excluding hydrogens is 358 g/mol. The van der Waals surface area contributed by atoms with Crippen molar-refractivity contribution in [3.63, 3.8) is 0 Å². The second-order valence-corrected chi connectivity index (χ2v) is 7.90. The standard InChI is InChI=1S/C22H27NO5/c1-12-18(21(25)28-6)19(13-7-15(26-4)10-16(8-13)27-5)20-17(23-12)9-14(24)11-22(20,2)3/h7-8,10,19,23H,9,11H2,1-6H3. The molecular formula is C22H27NO5. The van der Waals surface area contributed by atoms with Gasteiger partial charge in [-0.25, -0.2) is 4.79 Å². The van der Waals surface area contributed by atoms with Gasteiger partial charge in [-0.15, -0.1) is 0 Å². The highest BCUT2D eigenvalue weighted by Crippen LogP contribution is 2.51. The molecule has 150 valence electrons. The Kier molecular flexibility index (Phi) is 5.24. The van der Waals surface area contributed by atoms with Gasteiger partial charge in [0.2, 0.25) is 0 Å². The van der Waals surface area contributed by atoms with Crippen molar-refractivity contribution in [2.45, 2.75) is 39.5 Å². The molecule has 1 aliphatic heterocycles. The third-order valence-electron chi connectivity index (χ3n) is 5.50. The van der Waals surface area contributed by atoms with Crippen LogP contribution >= 0.6 is 0 Å². The molecule has 1 N–H and O–H groups in total. The zero-order chi connectivity index (χ0) is 20.6. The van der Waals surface area contributed by atoms with Crippen molar-refractivity contribution >= 4 is 11.8 Å². The quantitative estimate of drug-likeness (QED) is 0.800. The molecule has 28 heavy (non-hydrogen) atoms. The topological polar surface area (TPSA) is 73.9 Å². The first-order valence-corrected chi connectivity index (χ1v) is 9.26. The summed E-state index contributed by atoms with van der Waals surface area (Å²) >= 11 is 0. The van der Waals surface area contributed by atoms with Crippen LogP contribution in [-0.4, -0.2) is 33.1 Å². The fourth-order valence-electron chi connectivity index (χ4n) is 4.39. The third kappa shape index (κ3) is 3.39. The maximum Gasteiger partial charge on any atom is 0.336 e. The molecule has 0 bridgehead atoms. The Morgan fingerprint density at radius 2 is 1.71 bits per heavy atom. The van der Waals surface area contributed by atoms with Crippen LogP contribution in [0.4, 0.5) is 0 Å². The first-order chi connectivity index (χ1) is 13.2. The average molecular weight is 385 g/mol. The number of ketones is 1. The Hall–Kier alpha value is -2.76. The van der Waals surface area contributed by atoms with Crippen molar-refractivity contribution in [3.8, 4) is 11.5 Å². The van der Waals surface area contributed by atoms with Gasteiger partial charge in [-0.3, -0.25) is 4.79 Å². The van der Waals surface area contributed by atoms with Crippen LogP contribution in [0.2, 0.25) is 0 Å². The normalized spacial score (nSPS) is 21.1. The van der Waals surface area contributed by atoms with E-state index in [0.29, 0.717) is 35.6 Å². The van der Waals surface area contributed by atoms with E-state index >= 15 is 0 Å². The van der Waals surface area contributed by atoms with Gasteiger partial charge in [0.05, 0.1) is 26.9 Å². The van der Waals surface area contributed by atoms with Gasteiger partial charge in [0, 0.05) is 36.2 Å². The minimum Gasteiger partial charge on any atom is -0.497 e. The first kappa shape index (κ1) is 20.0. The monoisotopic (exact) mass is 385 g/mol. The van der Waals surface area contributed by atoms with Gasteiger partial charge in [0.25, 0.3) is 0 Å². The number of esters is 1. The molecule has 6 heteroatoms. The molecule has 6 nitrogen and oxygen atoms in total. The lowest BCUT2D eigenvalue weighted by molar-refractivity contribution is -0.136. The molecule has 1 unspecified atom stereocenters. The molecule has 0 amide bonds. The molecule has 0 radical (unpaired) electrons. The van der Waals surface area contributed by atoms with Gasteiger partial charge in [-0.05, 0) is 35.6 Å². The minimum atomic E-state index is -0.404. The minimum absolute atomic E-state index is 0.188. The van der Waals surface area contributed by atoms with Crippen molar-refractivity contribution < 1.29 is 23.8 Å². The van der Waals surface area contributed by atoms with E-state index in [2.05, 4.69) is 5.32 Å². The summed E-state index contributed by atoms with van der Waals surface area (Å²) in [6, 6.07) is 5.61. The summed E-state index contributed by atoms with van der Waals surface area (Å²) in [5.41, 5.74) is 3.61. The van der Waals surface area contributed by atoms with E-state index in [4.69, 9.17) is 14.2 Å². The summed E-state index contributed by atoms with van der Waals surface area (Å²) in [5, 5.41) is 3.30. The van der Waals surface area contributed by atoms with Gasteiger partial charge in [0.1, 0.15) is 17.3 Å². The highest BCUT2D eigenvalue weighted by Gasteiger charge is 2.44. The van der Waals surface area contributed by atoms with Gasteiger partial charge in [-0.2, -0.15) is 0 Å². The number of hydrogen-bond acceptors (Lipinski definition) is 6. The van der Waals surface area contributed by atoms with E-state index in [1.54, 1.807) is 20.3 Å². The van der Waals surface area contributed by atoms with E-state index in [-0.39, 0.29) is 11.7 Å². The SMILES string of the molecule is COC(=O)C1=C(C)NC2=C(C1c1cc(OC)cc(OC)c1)C(C)(C)CC(=O)C2. The third-order valence-corrected chi connectivity index (χ3v) is 5.50. The number of dihydropyridines is 1. The molecule has 0 saturated carbocycles. The largest absolute Gasteiger partial charge is 0.497 e. The first-order valence-electron chi connectivity index (χ1n) is 9.26. The number of carbonyl (C=O) groups is 2. The summed E-state index contributed by atoms with van der Waals surface area (Å²) in [5.74, 6) is 0.725. The summed E-state index contributed by atoms with van der Waals surface area (Å²) in [4.78, 5) is 25.1. The molecule has 0 fully saturated rings. The number of ether oxygens (including phenoxy) is 3. The van der Waals surface area contributed by atoms with Crippen LogP contribution in [0.1, 0.15) is 45.1 Å². The fraction of sp³-hybridized carbons (Fsp3) is 0.455. The molecule has 1 aromatic rings. The Morgan fingerprint density at radius 3 is 2.25 bits per heavy atom. The Balaban J connectivity index is 2.29. The Labute approximate surface area is 165 Å². The lowest BCUT2D eigenvalue weighted by Crippen LogP contribution is -2.39. The lowest BCUT2D eigenvalue weighted by Gasteiger charge is -2.43. The van der Waals surface area contributed by atoms with Gasteiger partial charge in [0.15, 0.2) is 0 Å². The molecule has 0 spiro atoms. The van der Waals surface area contributed by atoms with Gasteiger partial charge >= 0.3 is 5.97 Å². The smallest absolute Gasteiger partial charge is 0.336 e. The van der Waals surface area contributed by atoms with Crippen LogP contribution < -0.4 is 14.8 Å². The van der Waals surface area contributed by atoms with Crippen LogP contribution in [0, 0.1) is 5.41 Å². The van der Waals surface area contributed by atoms with Crippen molar-refractivity contribution in [1.29, 1.82) is 0 Å². The highest BCUT2D eigenvalue weighted by molar-refractivity contribution is 5.94. The number of hydrogen-bond donors (Lipinski definition) is 1. The average Bonchev–Trinajstić information content (AvgIpc) is 2.64. The molecule has 0 aromatic heterocycles. The summed E-state index contributed by atoms with van der Waals surface area (Å²) in [7, 11) is 4.57. The van der Waals surface area contributed by atoms with Crippen LogP contribution in [0.5, 0.6) is 11.5 Å². The maximum absolute atomic E-state index is 12.7. The number of nitrogens with one attached hydrogen (secondary N) is 1. The lowest BCUT2D eigenvalue weighted by atomic mass is 9.64. The van der Waals surface area contributed by atoms with Crippen LogP contribution in [0.3, 0.4) is 0 Å². The second-order valence-electron chi connectivity index (χ2n) is 7.90. The summed E-state index contributed by atoms with van der Waals surface area (Å²) in [6.45, 7) is 5.93. The van der Waals surface area contributed by atoms with Gasteiger partial charge < -0.3 is 19.5 Å². The molecule has 1 aliphatic carbocycles. The van der Waals surface area contributed by atoms with Crippen LogP contribution in [-0.2, 0) is 14.3 Å². The molecule has 1 aromatic carbocycles. The molecule has 1 heterocycles. The Morgan fingerprint density at radius 1 is 1.11 bits per heavy atom. The van der Waals surface area contributed by atoms with Crippen LogP contribution in [0.15, 0.2) is 40.7 Å². The number of Topliss-reactive ketones (excluding diaryl/α,β-unsaturated/α-hetero) is 1. The zero-order valence-corrected chi connectivity index (χ0v) is 17.3. The number of allylic oxidation sites excluding steroid dienone is 3. The Bertz CT molecular complexity index is 872. The van der Waals surface area contributed by atoms with E-state index in [1.165, 1.54) is 7.11 Å². The second kappa shape index (κ2) is 7.34. The van der Waals surface area contributed by atoms with Crippen molar-refractivity contribution in [2.24, 2.45) is 5.41 Å². The van der Waals surface area contributed by atoms with E-state index in [0.717, 1.165) is 16.8 Å². The molecule has 1 atom stereocenters. The zero-order valence-electron chi connectivity index (χ0n) is 17.3. The molecule has 0 saturated heterocycles. The summed E-state index contributed by atoms with van der Waals surface area (Å²) in [6.07, 6.45) is 0.765. The predicted octanol–water partition coefficient (Wildman–Crippen LogP) is 3.48. The van der Waals surface area contributed by atoms with Gasteiger partial charge in [-0.1, -0.05) is 13.8 Å². The predicted molar refractivity (Wildman–Crippen MR) is 105 cm³/mol. The number of rotatable bonds is 4. The van der Waals surface area contributed by atoms with Crippen LogP contribution in [0.25, 0.3) is 0 Å². The number of methoxy groups -OCH3 is 3. The number of benzene rings is 1. The highest BCUT2D eigenvalue weighted by atomic mass is 16.5. The number of carbonyl (C=O) groups excluding carboxylic acids is 2. The van der Waals surface area contributed by atoms with Crippen molar-refractivity contribution in [1.82, 2.24) is 5.32 Å². The van der Waals surface area contributed by atoms with Crippen molar-refractivity contribution in [3.05, 3.63) is 46.3 Å². The van der Waals surface area contributed by atoms with E-state index in [1.807, 2.05) is 32.9 Å². The fourth-order valence-corrected chi connectivity index (χ4v) is 4.39.